The number of nitrogens with zero attached hydrogens (tertiary/aromatic N) is 4. The highest BCUT2D eigenvalue weighted by Crippen LogP contribution is 2.32. The van der Waals surface area contributed by atoms with Crippen LogP contribution in [-0.4, -0.2) is 65.2 Å². The van der Waals surface area contributed by atoms with Gasteiger partial charge in [0, 0.05) is 25.0 Å². The third-order valence-corrected chi connectivity index (χ3v) is 6.41. The Balaban J connectivity index is 1.41. The molecule has 4 rings (SSSR count). The zero-order chi connectivity index (χ0) is 25.7. The molecule has 1 atom stereocenters. The van der Waals surface area contributed by atoms with Gasteiger partial charge in [0.05, 0.1) is 12.1 Å². The van der Waals surface area contributed by atoms with Gasteiger partial charge in [0.2, 0.25) is 12.7 Å². The SMILES string of the molecule is CCN(CCN(C)Cc1nc(N[C@H](C(N)=O)C(C)C)c2ccccc2n1)Cc1ccc2c(c1)OCO2. The van der Waals surface area contributed by atoms with Crippen LogP contribution in [0.1, 0.15) is 32.2 Å². The van der Waals surface area contributed by atoms with Crippen LogP contribution in [0.15, 0.2) is 42.5 Å². The minimum atomic E-state index is -0.511. The van der Waals surface area contributed by atoms with Gasteiger partial charge >= 0.3 is 0 Å². The van der Waals surface area contributed by atoms with E-state index in [-0.39, 0.29) is 12.7 Å². The molecule has 0 aliphatic carbocycles. The van der Waals surface area contributed by atoms with Crippen molar-refractivity contribution in [1.82, 2.24) is 19.8 Å². The van der Waals surface area contributed by atoms with Crippen LogP contribution in [-0.2, 0) is 17.9 Å². The van der Waals surface area contributed by atoms with Crippen LogP contribution >= 0.6 is 0 Å². The van der Waals surface area contributed by atoms with Crippen LogP contribution in [0.3, 0.4) is 0 Å². The summed E-state index contributed by atoms with van der Waals surface area (Å²) in [5.41, 5.74) is 7.68. The van der Waals surface area contributed by atoms with E-state index in [1.54, 1.807) is 0 Å². The quantitative estimate of drug-likeness (QED) is 0.397. The number of nitrogens with two attached hydrogens (primary N) is 1. The number of hydrogen-bond donors (Lipinski definition) is 2. The zero-order valence-corrected chi connectivity index (χ0v) is 21.5. The Kier molecular flexibility index (Phi) is 8.22. The number of hydrogen-bond acceptors (Lipinski definition) is 8. The average molecular weight is 493 g/mol. The van der Waals surface area contributed by atoms with Gasteiger partial charge in [-0.15, -0.1) is 0 Å². The van der Waals surface area contributed by atoms with Crippen molar-refractivity contribution in [2.45, 2.75) is 39.9 Å². The average Bonchev–Trinajstić information content (AvgIpc) is 3.32. The molecule has 1 aliphatic heterocycles. The summed E-state index contributed by atoms with van der Waals surface area (Å²) in [4.78, 5) is 26.2. The number of benzene rings is 2. The van der Waals surface area contributed by atoms with E-state index in [0.717, 1.165) is 48.6 Å². The van der Waals surface area contributed by atoms with Gasteiger partial charge in [-0.05, 0) is 49.3 Å². The largest absolute Gasteiger partial charge is 0.454 e. The number of rotatable bonds is 12. The number of anilines is 1. The van der Waals surface area contributed by atoms with Gasteiger partial charge in [-0.2, -0.15) is 0 Å². The lowest BCUT2D eigenvalue weighted by atomic mass is 10.0. The van der Waals surface area contributed by atoms with Crippen molar-refractivity contribution in [1.29, 1.82) is 0 Å². The van der Waals surface area contributed by atoms with Crippen molar-refractivity contribution in [3.05, 3.63) is 53.9 Å². The number of amides is 1. The smallest absolute Gasteiger partial charge is 0.240 e. The first-order valence-electron chi connectivity index (χ1n) is 12.4. The van der Waals surface area contributed by atoms with Crippen molar-refractivity contribution < 1.29 is 14.3 Å². The zero-order valence-electron chi connectivity index (χ0n) is 21.5. The molecule has 36 heavy (non-hydrogen) atoms. The van der Waals surface area contributed by atoms with E-state index in [9.17, 15) is 4.79 Å². The molecule has 9 nitrogen and oxygen atoms in total. The lowest BCUT2D eigenvalue weighted by molar-refractivity contribution is -0.119. The molecule has 0 radical (unpaired) electrons. The minimum Gasteiger partial charge on any atom is -0.454 e. The fraction of sp³-hybridized carbons (Fsp3) is 0.444. The number of para-hydroxylation sites is 1. The van der Waals surface area contributed by atoms with Crippen LogP contribution in [0, 0.1) is 5.92 Å². The van der Waals surface area contributed by atoms with Crippen LogP contribution in [0.25, 0.3) is 10.9 Å². The second kappa shape index (κ2) is 11.5. The van der Waals surface area contributed by atoms with Crippen molar-refractivity contribution >= 4 is 22.6 Å². The Labute approximate surface area is 212 Å². The molecule has 0 spiro atoms. The highest BCUT2D eigenvalue weighted by Gasteiger charge is 2.21. The van der Waals surface area contributed by atoms with Crippen LogP contribution in [0.5, 0.6) is 11.5 Å². The number of nitrogens with one attached hydrogen (secondary N) is 1. The Bertz CT molecular complexity index is 1200. The maximum absolute atomic E-state index is 12.0. The number of primary amides is 1. The molecule has 192 valence electrons. The molecule has 1 aromatic heterocycles. The van der Waals surface area contributed by atoms with Gasteiger partial charge in [0.15, 0.2) is 11.5 Å². The maximum atomic E-state index is 12.0. The van der Waals surface area contributed by atoms with Gasteiger partial charge in [-0.3, -0.25) is 14.6 Å². The summed E-state index contributed by atoms with van der Waals surface area (Å²) in [6.45, 7) is 10.5. The standard InChI is InChI=1S/C27H36N6O3/c1-5-33(15-19-10-11-22-23(14-19)36-17-35-22)13-12-32(4)16-24-29-21-9-7-6-8-20(21)27(30-24)31-25(18(2)3)26(28)34/h6-11,14,18,25H,5,12-13,15-17H2,1-4H3,(H2,28,34)(H,29,30,31)/t25-/m0/s1. The monoisotopic (exact) mass is 492 g/mol. The normalized spacial score (nSPS) is 13.6. The van der Waals surface area contributed by atoms with Crippen molar-refractivity contribution in [2.75, 3.05) is 38.8 Å². The second-order valence-electron chi connectivity index (χ2n) is 9.57. The number of aromatic nitrogens is 2. The maximum Gasteiger partial charge on any atom is 0.240 e. The highest BCUT2D eigenvalue weighted by atomic mass is 16.7. The van der Waals surface area contributed by atoms with Gasteiger partial charge in [-0.1, -0.05) is 39.0 Å². The van der Waals surface area contributed by atoms with Crippen molar-refractivity contribution in [3.8, 4) is 11.5 Å². The van der Waals surface area contributed by atoms with Crippen molar-refractivity contribution in [3.63, 3.8) is 0 Å². The lowest BCUT2D eigenvalue weighted by Crippen LogP contribution is -2.40. The Morgan fingerprint density at radius 3 is 2.61 bits per heavy atom. The molecule has 2 heterocycles. The first-order chi connectivity index (χ1) is 17.3. The third kappa shape index (κ3) is 6.22. The van der Waals surface area contributed by atoms with E-state index in [1.165, 1.54) is 5.56 Å². The molecule has 0 saturated carbocycles. The van der Waals surface area contributed by atoms with E-state index < -0.39 is 11.9 Å². The Morgan fingerprint density at radius 1 is 1.08 bits per heavy atom. The molecule has 0 saturated heterocycles. The molecule has 0 unspecified atom stereocenters. The summed E-state index contributed by atoms with van der Waals surface area (Å²) in [6.07, 6.45) is 0. The van der Waals surface area contributed by atoms with E-state index in [0.29, 0.717) is 18.2 Å². The highest BCUT2D eigenvalue weighted by molar-refractivity contribution is 5.91. The van der Waals surface area contributed by atoms with E-state index in [1.807, 2.05) is 44.2 Å². The predicted molar refractivity (Wildman–Crippen MR) is 141 cm³/mol. The van der Waals surface area contributed by atoms with E-state index in [4.69, 9.17) is 25.2 Å². The molecule has 1 aliphatic rings. The van der Waals surface area contributed by atoms with Crippen LogP contribution < -0.4 is 20.5 Å². The number of fused-ring (bicyclic) bond motifs is 2. The molecule has 3 aromatic rings. The van der Waals surface area contributed by atoms with Gasteiger partial charge in [0.25, 0.3) is 0 Å². The van der Waals surface area contributed by atoms with E-state index in [2.05, 4.69) is 41.2 Å². The molecule has 0 fully saturated rings. The minimum absolute atomic E-state index is 0.0344. The summed E-state index contributed by atoms with van der Waals surface area (Å²) < 4.78 is 10.9. The fourth-order valence-corrected chi connectivity index (χ4v) is 4.30. The summed E-state index contributed by atoms with van der Waals surface area (Å²) in [6, 6.07) is 13.4. The first-order valence-corrected chi connectivity index (χ1v) is 12.4. The Morgan fingerprint density at radius 2 is 1.86 bits per heavy atom. The second-order valence-corrected chi connectivity index (χ2v) is 9.57. The van der Waals surface area contributed by atoms with Gasteiger partial charge in [-0.25, -0.2) is 9.97 Å². The summed E-state index contributed by atoms with van der Waals surface area (Å²) in [5.74, 6) is 2.60. The first kappa shape index (κ1) is 25.7. The lowest BCUT2D eigenvalue weighted by Gasteiger charge is -2.25. The summed E-state index contributed by atoms with van der Waals surface area (Å²) in [7, 11) is 2.07. The number of likely N-dealkylation sites (N-methyl/N-ethyl adjacent to an activating group) is 2. The summed E-state index contributed by atoms with van der Waals surface area (Å²) in [5, 5.41) is 4.14. The number of carbonyl (C=O) groups excluding carboxylic acids is 1. The van der Waals surface area contributed by atoms with Gasteiger partial charge < -0.3 is 20.5 Å². The number of carbonyl (C=O) groups is 1. The third-order valence-electron chi connectivity index (χ3n) is 6.41. The molecule has 0 bridgehead atoms. The molecular weight excluding hydrogens is 456 g/mol. The summed E-state index contributed by atoms with van der Waals surface area (Å²) >= 11 is 0. The molecule has 3 N–H and O–H groups in total. The molecule has 9 heteroatoms. The van der Waals surface area contributed by atoms with Crippen LogP contribution in [0.4, 0.5) is 5.82 Å². The molecule has 1 amide bonds. The topological polar surface area (TPSA) is 106 Å². The van der Waals surface area contributed by atoms with Crippen molar-refractivity contribution in [2.24, 2.45) is 11.7 Å². The van der Waals surface area contributed by atoms with Gasteiger partial charge in [0.1, 0.15) is 17.7 Å². The Hall–Kier alpha value is -3.43. The molecular formula is C27H36N6O3. The molecule has 2 aromatic carbocycles. The predicted octanol–water partition coefficient (Wildman–Crippen LogP) is 3.23. The fourth-order valence-electron chi connectivity index (χ4n) is 4.30. The number of ether oxygens (including phenoxy) is 2. The van der Waals surface area contributed by atoms with E-state index >= 15 is 0 Å². The van der Waals surface area contributed by atoms with Crippen LogP contribution in [0.2, 0.25) is 0 Å².